The molecule has 0 amide bonds. The van der Waals surface area contributed by atoms with Gasteiger partial charge in [0.05, 0.1) is 10.9 Å². The largest absolute Gasteiger partial charge is 0.453 e. The van der Waals surface area contributed by atoms with Crippen LogP contribution in [0.2, 0.25) is 0 Å². The van der Waals surface area contributed by atoms with Gasteiger partial charge in [0.15, 0.2) is 11.0 Å². The number of aryl methyl sites for hydroxylation is 1. The van der Waals surface area contributed by atoms with Crippen LogP contribution in [0.3, 0.4) is 0 Å². The number of aromatic nitrogens is 2. The van der Waals surface area contributed by atoms with Crippen molar-refractivity contribution in [1.82, 2.24) is 9.97 Å². The molecule has 7 heteroatoms. The van der Waals surface area contributed by atoms with Gasteiger partial charge in [0.25, 0.3) is 0 Å². The first-order chi connectivity index (χ1) is 13.5. The molecule has 0 bridgehead atoms. The maximum Gasteiger partial charge on any atom is 0.193 e. The number of rotatable bonds is 2. The van der Waals surface area contributed by atoms with Gasteiger partial charge in [-0.25, -0.2) is 13.8 Å². The Morgan fingerprint density at radius 2 is 1.82 bits per heavy atom. The molecule has 5 nitrogen and oxygen atoms in total. The highest BCUT2D eigenvalue weighted by Gasteiger charge is 2.22. The fraction of sp³-hybridized carbons (Fsp3) is 0.238. The van der Waals surface area contributed by atoms with Crippen molar-refractivity contribution in [2.75, 3.05) is 18.0 Å². The van der Waals surface area contributed by atoms with E-state index in [1.165, 1.54) is 18.2 Å². The summed E-state index contributed by atoms with van der Waals surface area (Å²) in [6.45, 7) is 3.07. The fourth-order valence-electron chi connectivity index (χ4n) is 3.90. The summed E-state index contributed by atoms with van der Waals surface area (Å²) in [6, 6.07) is 7.12. The first-order valence-corrected chi connectivity index (χ1v) is 9.19. The van der Waals surface area contributed by atoms with Crippen molar-refractivity contribution >= 4 is 27.7 Å². The smallest absolute Gasteiger partial charge is 0.193 e. The number of imidazole rings is 1. The number of hydrogen-bond donors (Lipinski definition) is 1. The van der Waals surface area contributed by atoms with Crippen molar-refractivity contribution in [3.63, 3.8) is 0 Å². The van der Waals surface area contributed by atoms with Gasteiger partial charge in [-0.15, -0.1) is 0 Å². The molecule has 0 atom stereocenters. The average Bonchev–Trinajstić information content (AvgIpc) is 3.30. The first-order valence-electron chi connectivity index (χ1n) is 9.19. The second-order valence-electron chi connectivity index (χ2n) is 7.12. The van der Waals surface area contributed by atoms with E-state index in [-0.39, 0.29) is 22.4 Å². The van der Waals surface area contributed by atoms with E-state index in [0.717, 1.165) is 18.4 Å². The van der Waals surface area contributed by atoms with E-state index in [2.05, 4.69) is 9.97 Å². The molecule has 1 aliphatic heterocycles. The predicted octanol–water partition coefficient (Wildman–Crippen LogP) is 4.52. The van der Waals surface area contributed by atoms with Crippen LogP contribution in [-0.4, -0.2) is 23.1 Å². The average molecular weight is 381 g/mol. The third-order valence-corrected chi connectivity index (χ3v) is 5.19. The van der Waals surface area contributed by atoms with E-state index in [0.29, 0.717) is 35.4 Å². The number of halogens is 2. The van der Waals surface area contributed by atoms with Gasteiger partial charge in [0.2, 0.25) is 0 Å². The molecule has 142 valence electrons. The Bertz CT molecular complexity index is 1260. The monoisotopic (exact) mass is 381 g/mol. The molecule has 0 radical (unpaired) electrons. The summed E-state index contributed by atoms with van der Waals surface area (Å²) in [4.78, 5) is 21.7. The maximum atomic E-state index is 14.7. The normalized spacial score (nSPS) is 14.5. The SMILES string of the molecule is Cc1nc2c(ccc3c(=O)cc(-c4cc(F)c(N5CCCC5)c(F)c4)oc32)[nH]1. The Morgan fingerprint density at radius 3 is 2.54 bits per heavy atom. The van der Waals surface area contributed by atoms with Crippen molar-refractivity contribution in [3.05, 3.63) is 58.0 Å². The molecule has 2 aromatic heterocycles. The zero-order chi connectivity index (χ0) is 19.4. The summed E-state index contributed by atoms with van der Waals surface area (Å²) in [5.41, 5.74) is 1.42. The summed E-state index contributed by atoms with van der Waals surface area (Å²) < 4.78 is 35.3. The van der Waals surface area contributed by atoms with Gasteiger partial charge in [-0.2, -0.15) is 0 Å². The van der Waals surface area contributed by atoms with Crippen LogP contribution in [0.5, 0.6) is 0 Å². The van der Waals surface area contributed by atoms with Gasteiger partial charge in [-0.05, 0) is 44.0 Å². The lowest BCUT2D eigenvalue weighted by molar-refractivity contribution is 0.574. The highest BCUT2D eigenvalue weighted by molar-refractivity contribution is 6.00. The van der Waals surface area contributed by atoms with Gasteiger partial charge >= 0.3 is 0 Å². The van der Waals surface area contributed by atoms with Crippen LogP contribution in [0.1, 0.15) is 18.7 Å². The zero-order valence-corrected chi connectivity index (χ0v) is 15.2. The van der Waals surface area contributed by atoms with E-state index in [1.807, 2.05) is 0 Å². The Labute approximate surface area is 158 Å². The molecule has 0 aliphatic carbocycles. The molecule has 1 N–H and O–H groups in total. The highest BCUT2D eigenvalue weighted by atomic mass is 19.1. The van der Waals surface area contributed by atoms with Crippen LogP contribution in [0.15, 0.2) is 39.5 Å². The number of fused-ring (bicyclic) bond motifs is 3. The molecule has 5 rings (SSSR count). The van der Waals surface area contributed by atoms with E-state index in [9.17, 15) is 13.6 Å². The Morgan fingerprint density at radius 1 is 1.11 bits per heavy atom. The van der Waals surface area contributed by atoms with E-state index in [4.69, 9.17) is 4.42 Å². The standard InChI is InChI=1S/C21H17F2N3O2/c1-11-24-16-5-4-13-17(27)10-18(28-21(13)19(16)25-11)12-8-14(22)20(15(23)9-12)26-6-2-3-7-26/h4-5,8-10H,2-3,6-7H2,1H3,(H,24,25). The Balaban J connectivity index is 1.70. The molecule has 0 saturated carbocycles. The van der Waals surface area contributed by atoms with Crippen LogP contribution in [0.25, 0.3) is 33.3 Å². The van der Waals surface area contributed by atoms with E-state index in [1.54, 1.807) is 24.0 Å². The summed E-state index contributed by atoms with van der Waals surface area (Å²) in [6.07, 6.45) is 1.83. The number of H-pyrrole nitrogens is 1. The lowest BCUT2D eigenvalue weighted by Crippen LogP contribution is -2.20. The van der Waals surface area contributed by atoms with Crippen molar-refractivity contribution < 1.29 is 13.2 Å². The minimum atomic E-state index is -0.659. The third-order valence-electron chi connectivity index (χ3n) is 5.19. The Kier molecular flexibility index (Phi) is 3.72. The second kappa shape index (κ2) is 6.15. The lowest BCUT2D eigenvalue weighted by Gasteiger charge is -2.19. The summed E-state index contributed by atoms with van der Waals surface area (Å²) >= 11 is 0. The number of aromatic amines is 1. The van der Waals surface area contributed by atoms with Gasteiger partial charge < -0.3 is 14.3 Å². The molecule has 1 aliphatic rings. The first kappa shape index (κ1) is 16.9. The van der Waals surface area contributed by atoms with Crippen LogP contribution >= 0.6 is 0 Å². The van der Waals surface area contributed by atoms with Crippen molar-refractivity contribution in [2.24, 2.45) is 0 Å². The summed E-state index contributed by atoms with van der Waals surface area (Å²) in [5, 5.41) is 0.373. The molecule has 4 aromatic rings. The van der Waals surface area contributed by atoms with Crippen molar-refractivity contribution in [1.29, 1.82) is 0 Å². The molecule has 3 heterocycles. The number of nitrogens with one attached hydrogen (secondary N) is 1. The van der Waals surface area contributed by atoms with Crippen LogP contribution in [0.4, 0.5) is 14.5 Å². The molecular formula is C21H17F2N3O2. The quantitative estimate of drug-likeness (QED) is 0.554. The fourth-order valence-corrected chi connectivity index (χ4v) is 3.90. The molecule has 0 unspecified atom stereocenters. The van der Waals surface area contributed by atoms with Gasteiger partial charge in [0, 0.05) is 24.7 Å². The zero-order valence-electron chi connectivity index (χ0n) is 15.2. The molecule has 28 heavy (non-hydrogen) atoms. The second-order valence-corrected chi connectivity index (χ2v) is 7.12. The lowest BCUT2D eigenvalue weighted by atomic mass is 10.1. The van der Waals surface area contributed by atoms with Crippen molar-refractivity contribution in [2.45, 2.75) is 19.8 Å². The predicted molar refractivity (Wildman–Crippen MR) is 104 cm³/mol. The van der Waals surface area contributed by atoms with E-state index < -0.39 is 11.6 Å². The van der Waals surface area contributed by atoms with Gasteiger partial charge in [0.1, 0.15) is 34.4 Å². The van der Waals surface area contributed by atoms with Gasteiger partial charge in [-0.3, -0.25) is 4.79 Å². The van der Waals surface area contributed by atoms with Gasteiger partial charge in [-0.1, -0.05) is 0 Å². The van der Waals surface area contributed by atoms with E-state index >= 15 is 0 Å². The number of anilines is 1. The molecule has 2 aromatic carbocycles. The maximum absolute atomic E-state index is 14.7. The molecule has 0 spiro atoms. The van der Waals surface area contributed by atoms with Crippen molar-refractivity contribution in [3.8, 4) is 11.3 Å². The van der Waals surface area contributed by atoms with Crippen LogP contribution in [-0.2, 0) is 0 Å². The van der Waals surface area contributed by atoms with Crippen LogP contribution in [0, 0.1) is 18.6 Å². The number of nitrogens with zero attached hydrogens (tertiary/aromatic N) is 2. The number of benzene rings is 2. The summed E-state index contributed by atoms with van der Waals surface area (Å²) in [7, 11) is 0. The van der Waals surface area contributed by atoms with Crippen LogP contribution < -0.4 is 10.3 Å². The number of hydrogen-bond acceptors (Lipinski definition) is 4. The topological polar surface area (TPSA) is 62.1 Å². The molecular weight excluding hydrogens is 364 g/mol. The molecule has 1 saturated heterocycles. The highest BCUT2D eigenvalue weighted by Crippen LogP contribution is 2.33. The Hall–Kier alpha value is -3.22. The minimum absolute atomic E-state index is 0.0188. The summed E-state index contributed by atoms with van der Waals surface area (Å²) in [5.74, 6) is -0.527. The minimum Gasteiger partial charge on any atom is -0.453 e. The third kappa shape index (κ3) is 2.58. The molecule has 1 fully saturated rings.